The van der Waals surface area contributed by atoms with Crippen LogP contribution in [0.4, 0.5) is 5.69 Å². The second-order valence-corrected chi connectivity index (χ2v) is 10.1. The first-order valence-electron chi connectivity index (χ1n) is 7.60. The van der Waals surface area contributed by atoms with Gasteiger partial charge in [0, 0.05) is 17.1 Å². The van der Waals surface area contributed by atoms with Crippen molar-refractivity contribution in [3.63, 3.8) is 0 Å². The lowest BCUT2D eigenvalue weighted by molar-refractivity contribution is -0.115. The van der Waals surface area contributed by atoms with Gasteiger partial charge in [0.25, 0.3) is 0 Å². The molecule has 1 heterocycles. The molecular weight excluding hydrogens is 412 g/mol. The van der Waals surface area contributed by atoms with E-state index in [-0.39, 0.29) is 23.0 Å². The van der Waals surface area contributed by atoms with Crippen LogP contribution in [0.1, 0.15) is 6.42 Å². The van der Waals surface area contributed by atoms with Crippen molar-refractivity contribution in [2.75, 3.05) is 17.3 Å². The number of sulfone groups is 1. The number of nitrogens with one attached hydrogen (secondary N) is 1. The van der Waals surface area contributed by atoms with Gasteiger partial charge in [-0.15, -0.1) is 11.3 Å². The fourth-order valence-electron chi connectivity index (χ4n) is 2.28. The van der Waals surface area contributed by atoms with E-state index in [4.69, 9.17) is 11.6 Å². The van der Waals surface area contributed by atoms with Gasteiger partial charge in [-0.25, -0.2) is 13.4 Å². The second kappa shape index (κ2) is 7.96. The molecule has 3 rings (SSSR count). The maximum atomic E-state index is 12.3. The first kappa shape index (κ1) is 19.2. The van der Waals surface area contributed by atoms with E-state index < -0.39 is 9.84 Å². The third kappa shape index (κ3) is 4.56. The molecule has 2 aromatic carbocycles. The number of carbonyl (C=O) groups is 1. The molecule has 0 radical (unpaired) electrons. The van der Waals surface area contributed by atoms with Crippen LogP contribution < -0.4 is 5.32 Å². The number of carbonyl (C=O) groups excluding carboxylic acids is 1. The molecule has 9 heteroatoms. The smallest absolute Gasteiger partial charge is 0.225 e. The minimum absolute atomic E-state index is 0.123. The highest BCUT2D eigenvalue weighted by atomic mass is 35.5. The van der Waals surface area contributed by atoms with E-state index in [0.29, 0.717) is 10.7 Å². The molecule has 0 atom stereocenters. The predicted octanol–water partition coefficient (Wildman–Crippen LogP) is 4.47. The Labute approximate surface area is 164 Å². The molecule has 0 aliphatic carbocycles. The Bertz CT molecular complexity index is 1050. The molecule has 0 saturated carbocycles. The van der Waals surface area contributed by atoms with E-state index in [2.05, 4.69) is 10.3 Å². The van der Waals surface area contributed by atoms with Crippen molar-refractivity contribution in [1.82, 2.24) is 4.98 Å². The lowest BCUT2D eigenvalue weighted by Gasteiger charge is -2.06. The molecule has 26 heavy (non-hydrogen) atoms. The minimum atomic E-state index is -3.53. The largest absolute Gasteiger partial charge is 0.326 e. The molecule has 1 N–H and O–H groups in total. The Kier molecular flexibility index (Phi) is 5.86. The SMILES string of the molecule is CSc1nc2ccc(NC(=O)CCS(=O)(=O)c3ccc(Cl)cc3)cc2s1. The van der Waals surface area contributed by atoms with Gasteiger partial charge in [-0.1, -0.05) is 23.4 Å². The zero-order chi connectivity index (χ0) is 18.7. The first-order chi connectivity index (χ1) is 12.4. The van der Waals surface area contributed by atoms with Gasteiger partial charge in [-0.05, 0) is 48.7 Å². The Morgan fingerprint density at radius 3 is 2.65 bits per heavy atom. The molecule has 3 aromatic rings. The molecule has 0 unspecified atom stereocenters. The van der Waals surface area contributed by atoms with Crippen LogP contribution in [-0.2, 0) is 14.6 Å². The normalized spacial score (nSPS) is 11.6. The molecule has 5 nitrogen and oxygen atoms in total. The predicted molar refractivity (Wildman–Crippen MR) is 108 cm³/mol. The Hall–Kier alpha value is -1.61. The minimum Gasteiger partial charge on any atom is -0.326 e. The number of thiazole rings is 1. The number of thioether (sulfide) groups is 1. The Morgan fingerprint density at radius 2 is 1.96 bits per heavy atom. The summed E-state index contributed by atoms with van der Waals surface area (Å²) < 4.78 is 26.5. The highest BCUT2D eigenvalue weighted by molar-refractivity contribution is 8.00. The summed E-state index contributed by atoms with van der Waals surface area (Å²) in [5, 5.41) is 3.20. The first-order valence-corrected chi connectivity index (χ1v) is 11.7. The molecule has 136 valence electrons. The summed E-state index contributed by atoms with van der Waals surface area (Å²) in [6.45, 7) is 0. The third-order valence-corrected chi connectivity index (χ3v) is 7.59. The van der Waals surface area contributed by atoms with Crippen molar-refractivity contribution in [2.24, 2.45) is 0 Å². The van der Waals surface area contributed by atoms with Crippen molar-refractivity contribution in [2.45, 2.75) is 15.7 Å². The second-order valence-electron chi connectivity index (χ2n) is 5.44. The van der Waals surface area contributed by atoms with Crippen molar-refractivity contribution in [1.29, 1.82) is 0 Å². The van der Waals surface area contributed by atoms with E-state index in [1.54, 1.807) is 29.2 Å². The van der Waals surface area contributed by atoms with Gasteiger partial charge in [0.2, 0.25) is 5.91 Å². The van der Waals surface area contributed by atoms with Gasteiger partial charge in [0.1, 0.15) is 0 Å². The van der Waals surface area contributed by atoms with E-state index in [9.17, 15) is 13.2 Å². The molecule has 0 aliphatic rings. The van der Waals surface area contributed by atoms with Crippen LogP contribution in [0.3, 0.4) is 0 Å². The number of hydrogen-bond donors (Lipinski definition) is 1. The number of fused-ring (bicyclic) bond motifs is 1. The summed E-state index contributed by atoms with van der Waals surface area (Å²) in [6.07, 6.45) is 1.84. The number of rotatable bonds is 6. The summed E-state index contributed by atoms with van der Waals surface area (Å²) in [7, 11) is -3.53. The van der Waals surface area contributed by atoms with Crippen LogP contribution >= 0.6 is 34.7 Å². The molecule has 0 fully saturated rings. The van der Waals surface area contributed by atoms with Gasteiger partial charge in [-0.3, -0.25) is 4.79 Å². The van der Waals surface area contributed by atoms with Gasteiger partial charge in [0.15, 0.2) is 14.2 Å². The van der Waals surface area contributed by atoms with Crippen LogP contribution in [0.25, 0.3) is 10.2 Å². The summed E-state index contributed by atoms with van der Waals surface area (Å²) in [4.78, 5) is 16.7. The van der Waals surface area contributed by atoms with Crippen molar-refractivity contribution < 1.29 is 13.2 Å². The standard InChI is InChI=1S/C17H15ClN2O3S3/c1-24-17-20-14-7-4-12(10-15(14)25-17)19-16(21)8-9-26(22,23)13-5-2-11(18)3-6-13/h2-7,10H,8-9H2,1H3,(H,19,21). The van der Waals surface area contributed by atoms with Crippen LogP contribution in [0.15, 0.2) is 51.7 Å². The molecule has 1 aromatic heterocycles. The van der Waals surface area contributed by atoms with Crippen molar-refractivity contribution in [3.05, 3.63) is 47.5 Å². The van der Waals surface area contributed by atoms with Gasteiger partial charge < -0.3 is 5.32 Å². The number of halogens is 1. The molecule has 0 spiro atoms. The number of anilines is 1. The van der Waals surface area contributed by atoms with Gasteiger partial charge in [0.05, 0.1) is 20.9 Å². The third-order valence-electron chi connectivity index (χ3n) is 3.60. The maximum Gasteiger partial charge on any atom is 0.225 e. The van der Waals surface area contributed by atoms with E-state index >= 15 is 0 Å². The number of hydrogen-bond acceptors (Lipinski definition) is 6. The number of amides is 1. The fourth-order valence-corrected chi connectivity index (χ4v) is 5.17. The molecule has 0 bridgehead atoms. The Balaban J connectivity index is 1.64. The summed E-state index contributed by atoms with van der Waals surface area (Å²) in [5.74, 6) is -0.614. The number of nitrogens with zero attached hydrogens (tertiary/aromatic N) is 1. The van der Waals surface area contributed by atoms with E-state index in [0.717, 1.165) is 14.6 Å². The summed E-state index contributed by atoms with van der Waals surface area (Å²) in [6, 6.07) is 11.4. The quantitative estimate of drug-likeness (QED) is 0.588. The number of benzene rings is 2. The van der Waals surface area contributed by atoms with Crippen molar-refractivity contribution >= 4 is 66.3 Å². The molecular formula is C17H15ClN2O3S3. The van der Waals surface area contributed by atoms with Crippen LogP contribution in [0, 0.1) is 0 Å². The van der Waals surface area contributed by atoms with E-state index in [1.165, 1.54) is 24.3 Å². The van der Waals surface area contributed by atoms with E-state index in [1.807, 2.05) is 18.4 Å². The fraction of sp³-hybridized carbons (Fsp3) is 0.176. The van der Waals surface area contributed by atoms with Gasteiger partial charge >= 0.3 is 0 Å². The Morgan fingerprint density at radius 1 is 1.23 bits per heavy atom. The average molecular weight is 427 g/mol. The molecule has 1 amide bonds. The molecule has 0 saturated heterocycles. The van der Waals surface area contributed by atoms with Crippen LogP contribution in [-0.4, -0.2) is 31.3 Å². The highest BCUT2D eigenvalue weighted by Crippen LogP contribution is 2.30. The monoisotopic (exact) mass is 426 g/mol. The highest BCUT2D eigenvalue weighted by Gasteiger charge is 2.16. The summed E-state index contributed by atoms with van der Waals surface area (Å²) in [5.41, 5.74) is 1.50. The topological polar surface area (TPSA) is 76.1 Å². The van der Waals surface area contributed by atoms with Crippen LogP contribution in [0.2, 0.25) is 5.02 Å². The zero-order valence-corrected chi connectivity index (χ0v) is 16.9. The lowest BCUT2D eigenvalue weighted by Crippen LogP contribution is -2.17. The average Bonchev–Trinajstić information content (AvgIpc) is 3.03. The maximum absolute atomic E-state index is 12.3. The number of aromatic nitrogens is 1. The molecule has 0 aliphatic heterocycles. The summed E-state index contributed by atoms with van der Waals surface area (Å²) >= 11 is 8.89. The zero-order valence-electron chi connectivity index (χ0n) is 13.7. The van der Waals surface area contributed by atoms with Crippen LogP contribution in [0.5, 0.6) is 0 Å². The lowest BCUT2D eigenvalue weighted by atomic mass is 10.3. The van der Waals surface area contributed by atoms with Gasteiger partial charge in [-0.2, -0.15) is 0 Å². The van der Waals surface area contributed by atoms with Crippen molar-refractivity contribution in [3.8, 4) is 0 Å².